The smallest absolute Gasteiger partial charge is 0.254 e. The average Bonchev–Trinajstić information content (AvgIpc) is 2.95. The van der Waals surface area contributed by atoms with Gasteiger partial charge in [-0.1, -0.05) is 54.1 Å². The summed E-state index contributed by atoms with van der Waals surface area (Å²) < 4.78 is 0. The summed E-state index contributed by atoms with van der Waals surface area (Å²) in [5.74, 6) is 0.000320. The molecule has 1 fully saturated rings. The van der Waals surface area contributed by atoms with Gasteiger partial charge in [0.1, 0.15) is 0 Å². The lowest BCUT2D eigenvalue weighted by Gasteiger charge is -2.22. The largest absolute Gasteiger partial charge is 0.337 e. The molecule has 1 aliphatic heterocycles. The molecule has 2 amide bonds. The van der Waals surface area contributed by atoms with E-state index in [1.807, 2.05) is 61.5 Å². The summed E-state index contributed by atoms with van der Waals surface area (Å²) in [6, 6.07) is 17.7. The molecule has 0 atom stereocenters. The van der Waals surface area contributed by atoms with Crippen molar-refractivity contribution >= 4 is 22.7 Å². The van der Waals surface area contributed by atoms with Crippen LogP contribution in [0.2, 0.25) is 0 Å². The lowest BCUT2D eigenvalue weighted by molar-refractivity contribution is -0.129. The Morgan fingerprint density at radius 2 is 1.87 bits per heavy atom. The first-order valence-electron chi connectivity index (χ1n) is 10.2. The van der Waals surface area contributed by atoms with Crippen molar-refractivity contribution in [1.29, 1.82) is 0 Å². The number of rotatable bonds is 4. The van der Waals surface area contributed by atoms with Crippen molar-refractivity contribution in [2.45, 2.75) is 13.3 Å². The molecule has 0 bridgehead atoms. The van der Waals surface area contributed by atoms with E-state index in [1.165, 1.54) is 5.56 Å². The van der Waals surface area contributed by atoms with Crippen molar-refractivity contribution in [3.05, 3.63) is 78.4 Å². The minimum Gasteiger partial charge on any atom is -0.337 e. The Kier molecular flexibility index (Phi) is 5.61. The van der Waals surface area contributed by atoms with Crippen LogP contribution in [-0.2, 0) is 4.79 Å². The van der Waals surface area contributed by atoms with Crippen LogP contribution in [0.15, 0.2) is 67.3 Å². The van der Waals surface area contributed by atoms with E-state index in [1.54, 1.807) is 15.9 Å². The van der Waals surface area contributed by atoms with E-state index in [0.29, 0.717) is 38.2 Å². The monoisotopic (exact) mass is 399 g/mol. The van der Waals surface area contributed by atoms with Crippen LogP contribution in [-0.4, -0.2) is 52.8 Å². The first kappa shape index (κ1) is 19.8. The minimum atomic E-state index is -0.0600. The Morgan fingerprint density at radius 1 is 1.10 bits per heavy atom. The molecule has 2 heterocycles. The summed E-state index contributed by atoms with van der Waals surface area (Å²) in [6.07, 6.45) is 2.05. The summed E-state index contributed by atoms with van der Waals surface area (Å²) in [5.41, 5.74) is 4.34. The molecule has 1 saturated heterocycles. The number of para-hydroxylation sites is 1. The first-order valence-corrected chi connectivity index (χ1v) is 10.2. The fraction of sp³-hybridized carbons (Fsp3) is 0.240. The number of fused-ring (bicyclic) bond motifs is 1. The van der Waals surface area contributed by atoms with Gasteiger partial charge in [0.15, 0.2) is 0 Å². The topological polar surface area (TPSA) is 53.5 Å². The van der Waals surface area contributed by atoms with Crippen molar-refractivity contribution in [1.82, 2.24) is 14.8 Å². The quantitative estimate of drug-likeness (QED) is 0.622. The van der Waals surface area contributed by atoms with Gasteiger partial charge >= 0.3 is 0 Å². The normalized spacial score (nSPS) is 14.6. The lowest BCUT2D eigenvalue weighted by atomic mass is 10.0. The molecule has 0 radical (unpaired) electrons. The molecule has 1 aromatic heterocycles. The van der Waals surface area contributed by atoms with Gasteiger partial charge < -0.3 is 9.80 Å². The van der Waals surface area contributed by atoms with E-state index in [-0.39, 0.29) is 11.8 Å². The van der Waals surface area contributed by atoms with Gasteiger partial charge in [-0.2, -0.15) is 0 Å². The summed E-state index contributed by atoms with van der Waals surface area (Å²) in [6.45, 7) is 7.72. The number of benzene rings is 2. The van der Waals surface area contributed by atoms with Gasteiger partial charge in [0, 0.05) is 43.5 Å². The van der Waals surface area contributed by atoms with E-state index < -0.39 is 0 Å². The average molecular weight is 399 g/mol. The summed E-state index contributed by atoms with van der Waals surface area (Å²) in [4.78, 5) is 34.2. The molecule has 4 rings (SSSR count). The van der Waals surface area contributed by atoms with Gasteiger partial charge in [0.25, 0.3) is 5.91 Å². The molecule has 0 spiro atoms. The third-order valence-corrected chi connectivity index (χ3v) is 5.52. The maximum Gasteiger partial charge on any atom is 0.254 e. The van der Waals surface area contributed by atoms with Gasteiger partial charge in [-0.15, -0.1) is 6.58 Å². The Bertz CT molecular complexity index is 1110. The van der Waals surface area contributed by atoms with Crippen molar-refractivity contribution < 1.29 is 9.59 Å². The van der Waals surface area contributed by atoms with Crippen molar-refractivity contribution in [3.8, 4) is 11.3 Å². The number of amides is 2. The number of aromatic nitrogens is 1. The molecule has 0 aliphatic carbocycles. The number of hydrogen-bond acceptors (Lipinski definition) is 3. The van der Waals surface area contributed by atoms with Gasteiger partial charge in [-0.25, -0.2) is 4.98 Å². The van der Waals surface area contributed by atoms with E-state index in [9.17, 15) is 9.59 Å². The Balaban J connectivity index is 1.72. The fourth-order valence-corrected chi connectivity index (χ4v) is 3.81. The van der Waals surface area contributed by atoms with E-state index in [4.69, 9.17) is 4.98 Å². The predicted molar refractivity (Wildman–Crippen MR) is 119 cm³/mol. The summed E-state index contributed by atoms with van der Waals surface area (Å²) in [5, 5.41) is 0.830. The van der Waals surface area contributed by atoms with Crippen molar-refractivity contribution in [2.24, 2.45) is 0 Å². The van der Waals surface area contributed by atoms with Crippen LogP contribution in [0.25, 0.3) is 22.2 Å². The third kappa shape index (κ3) is 3.96. The predicted octanol–water partition coefficient (Wildman–Crippen LogP) is 4.07. The molecule has 0 unspecified atom stereocenters. The number of carbonyl (C=O) groups is 2. The number of nitrogens with zero attached hydrogens (tertiary/aromatic N) is 3. The Morgan fingerprint density at radius 3 is 2.63 bits per heavy atom. The van der Waals surface area contributed by atoms with Crippen LogP contribution in [0, 0.1) is 6.92 Å². The molecule has 5 nitrogen and oxygen atoms in total. The highest BCUT2D eigenvalue weighted by Gasteiger charge is 2.25. The van der Waals surface area contributed by atoms with Crippen molar-refractivity contribution in [3.63, 3.8) is 0 Å². The molecule has 1 aliphatic rings. The van der Waals surface area contributed by atoms with E-state index in [2.05, 4.69) is 6.58 Å². The van der Waals surface area contributed by atoms with Gasteiger partial charge in [0.05, 0.1) is 16.8 Å². The number of hydrogen-bond donors (Lipinski definition) is 0. The molecule has 0 saturated carbocycles. The summed E-state index contributed by atoms with van der Waals surface area (Å²) >= 11 is 0. The van der Waals surface area contributed by atoms with Gasteiger partial charge in [-0.3, -0.25) is 9.59 Å². The SMILES string of the molecule is C=CCN1CCN(C(=O)c2cc(-c3ccc(C)cc3)nc3ccccc23)CCC1=O. The lowest BCUT2D eigenvalue weighted by Crippen LogP contribution is -2.36. The third-order valence-electron chi connectivity index (χ3n) is 5.52. The number of aryl methyl sites for hydroxylation is 1. The Hall–Kier alpha value is -3.47. The van der Waals surface area contributed by atoms with Crippen molar-refractivity contribution in [2.75, 3.05) is 26.2 Å². The van der Waals surface area contributed by atoms with Crippen LogP contribution < -0.4 is 0 Å². The van der Waals surface area contributed by atoms with Gasteiger partial charge in [-0.05, 0) is 19.1 Å². The van der Waals surface area contributed by atoms with Crippen LogP contribution in [0.3, 0.4) is 0 Å². The second kappa shape index (κ2) is 8.49. The maximum atomic E-state index is 13.5. The molecular formula is C25H25N3O2. The summed E-state index contributed by atoms with van der Waals surface area (Å²) in [7, 11) is 0. The van der Waals surface area contributed by atoms with Crippen LogP contribution in [0.5, 0.6) is 0 Å². The standard InChI is InChI=1S/C25H25N3O2/c1-3-13-27-15-16-28(14-12-24(27)29)25(30)21-17-23(19-10-8-18(2)9-11-19)26-22-7-5-4-6-20(21)22/h3-11,17H,1,12-16H2,2H3. The number of carbonyl (C=O) groups excluding carboxylic acids is 2. The Labute approximate surface area is 176 Å². The van der Waals surface area contributed by atoms with Crippen LogP contribution in [0.1, 0.15) is 22.3 Å². The molecule has 0 N–H and O–H groups in total. The number of pyridine rings is 1. The van der Waals surface area contributed by atoms with E-state index >= 15 is 0 Å². The highest BCUT2D eigenvalue weighted by molar-refractivity contribution is 6.07. The second-order valence-corrected chi connectivity index (χ2v) is 7.61. The molecular weight excluding hydrogens is 374 g/mol. The molecule has 3 aromatic rings. The van der Waals surface area contributed by atoms with Crippen LogP contribution in [0.4, 0.5) is 0 Å². The van der Waals surface area contributed by atoms with E-state index in [0.717, 1.165) is 22.2 Å². The zero-order chi connectivity index (χ0) is 21.1. The molecule has 2 aromatic carbocycles. The maximum absolute atomic E-state index is 13.5. The molecule has 30 heavy (non-hydrogen) atoms. The van der Waals surface area contributed by atoms with Crippen LogP contribution >= 0.6 is 0 Å². The minimum absolute atomic E-state index is 0.0600. The highest BCUT2D eigenvalue weighted by Crippen LogP contribution is 2.26. The first-order chi connectivity index (χ1) is 14.6. The zero-order valence-corrected chi connectivity index (χ0v) is 17.2. The molecule has 5 heteroatoms. The fourth-order valence-electron chi connectivity index (χ4n) is 3.81. The second-order valence-electron chi connectivity index (χ2n) is 7.61. The highest BCUT2D eigenvalue weighted by atomic mass is 16.2. The van der Waals surface area contributed by atoms with Gasteiger partial charge in [0.2, 0.25) is 5.91 Å². The zero-order valence-electron chi connectivity index (χ0n) is 17.2. The molecule has 152 valence electrons.